The lowest BCUT2D eigenvalue weighted by atomic mass is 10.2. The van der Waals surface area contributed by atoms with E-state index in [1.807, 2.05) is 13.2 Å². The summed E-state index contributed by atoms with van der Waals surface area (Å²) < 4.78 is 5.13. The fourth-order valence-electron chi connectivity index (χ4n) is 1.45. The number of nitrogens with one attached hydrogen (secondary N) is 1. The summed E-state index contributed by atoms with van der Waals surface area (Å²) in [6.07, 6.45) is 1.44. The molecule has 0 bridgehead atoms. The summed E-state index contributed by atoms with van der Waals surface area (Å²) in [6.45, 7) is 2.60. The maximum atomic E-state index is 11.6. The number of carbonyl (C=O) groups excluding carboxylic acids is 1. The first-order valence-corrected chi connectivity index (χ1v) is 6.52. The largest absolute Gasteiger partial charge is 0.479 e. The number of aliphatic carboxylic acids is 1. The minimum absolute atomic E-state index is 0.204. The molecule has 1 saturated heterocycles. The van der Waals surface area contributed by atoms with E-state index in [0.29, 0.717) is 24.6 Å². The van der Waals surface area contributed by atoms with Crippen molar-refractivity contribution >= 4 is 23.6 Å². The summed E-state index contributed by atoms with van der Waals surface area (Å²) in [5.74, 6) is -1.20. The van der Waals surface area contributed by atoms with Crippen molar-refractivity contribution in [2.45, 2.75) is 37.2 Å². The Kier molecular flexibility index (Phi) is 5.08. The van der Waals surface area contributed by atoms with E-state index in [4.69, 9.17) is 9.84 Å². The SMILES string of the molecule is CSC(C)CNC(=O)[C@@H]1CC[C@H](C(=O)O)O1. The molecular weight excluding hydrogens is 230 g/mol. The fraction of sp³-hybridized carbons (Fsp3) is 0.800. The number of carboxylic acids is 1. The van der Waals surface area contributed by atoms with Gasteiger partial charge in [0, 0.05) is 11.8 Å². The van der Waals surface area contributed by atoms with Crippen LogP contribution in [0.25, 0.3) is 0 Å². The number of amides is 1. The lowest BCUT2D eigenvalue weighted by molar-refractivity contribution is -0.151. The summed E-state index contributed by atoms with van der Waals surface area (Å²) in [6, 6.07) is 0. The highest BCUT2D eigenvalue weighted by Gasteiger charge is 2.34. The second-order valence-electron chi connectivity index (χ2n) is 3.82. The van der Waals surface area contributed by atoms with Crippen molar-refractivity contribution in [2.75, 3.05) is 12.8 Å². The van der Waals surface area contributed by atoms with E-state index in [2.05, 4.69) is 5.32 Å². The fourth-order valence-corrected chi connectivity index (χ4v) is 1.70. The van der Waals surface area contributed by atoms with Gasteiger partial charge in [-0.15, -0.1) is 0 Å². The molecule has 1 heterocycles. The maximum Gasteiger partial charge on any atom is 0.332 e. The van der Waals surface area contributed by atoms with Crippen molar-refractivity contribution in [3.05, 3.63) is 0 Å². The zero-order chi connectivity index (χ0) is 12.1. The Morgan fingerprint density at radius 3 is 2.62 bits per heavy atom. The third-order valence-corrected chi connectivity index (χ3v) is 3.52. The van der Waals surface area contributed by atoms with Crippen LogP contribution in [-0.2, 0) is 14.3 Å². The van der Waals surface area contributed by atoms with Gasteiger partial charge >= 0.3 is 5.97 Å². The molecule has 0 spiro atoms. The van der Waals surface area contributed by atoms with E-state index >= 15 is 0 Å². The lowest BCUT2D eigenvalue weighted by Crippen LogP contribution is -2.38. The Morgan fingerprint density at radius 2 is 2.12 bits per heavy atom. The molecule has 16 heavy (non-hydrogen) atoms. The first-order valence-electron chi connectivity index (χ1n) is 5.23. The molecule has 1 amide bonds. The zero-order valence-corrected chi connectivity index (χ0v) is 10.3. The number of hydrogen-bond acceptors (Lipinski definition) is 4. The van der Waals surface area contributed by atoms with E-state index in [1.54, 1.807) is 11.8 Å². The third-order valence-electron chi connectivity index (χ3n) is 2.55. The standard InChI is InChI=1S/C10H17NO4S/c1-6(16-2)5-11-9(12)7-3-4-8(15-7)10(13)14/h6-8H,3-5H2,1-2H3,(H,11,12)(H,13,14)/t6?,7-,8+/m0/s1. The average Bonchev–Trinajstić information content (AvgIpc) is 2.74. The van der Waals surface area contributed by atoms with Crippen molar-refractivity contribution in [3.8, 4) is 0 Å². The highest BCUT2D eigenvalue weighted by Crippen LogP contribution is 2.19. The summed E-state index contributed by atoms with van der Waals surface area (Å²) in [7, 11) is 0. The smallest absolute Gasteiger partial charge is 0.332 e. The van der Waals surface area contributed by atoms with Gasteiger partial charge in [0.1, 0.15) is 6.10 Å². The van der Waals surface area contributed by atoms with Crippen LogP contribution in [0.2, 0.25) is 0 Å². The molecule has 1 unspecified atom stereocenters. The molecule has 6 heteroatoms. The van der Waals surface area contributed by atoms with E-state index in [1.165, 1.54) is 0 Å². The van der Waals surface area contributed by atoms with Gasteiger partial charge in [-0.25, -0.2) is 4.79 Å². The summed E-state index contributed by atoms with van der Waals surface area (Å²) >= 11 is 1.67. The molecule has 1 aliphatic heterocycles. The van der Waals surface area contributed by atoms with Crippen LogP contribution in [0.4, 0.5) is 0 Å². The molecule has 5 nitrogen and oxygen atoms in total. The molecule has 0 radical (unpaired) electrons. The van der Waals surface area contributed by atoms with Crippen LogP contribution in [0.1, 0.15) is 19.8 Å². The molecule has 0 aromatic heterocycles. The predicted molar refractivity (Wildman–Crippen MR) is 61.5 cm³/mol. The van der Waals surface area contributed by atoms with Gasteiger partial charge in [0.2, 0.25) is 5.91 Å². The van der Waals surface area contributed by atoms with Gasteiger partial charge in [-0.3, -0.25) is 4.79 Å². The van der Waals surface area contributed by atoms with E-state index in [0.717, 1.165) is 0 Å². The van der Waals surface area contributed by atoms with Crippen LogP contribution in [0.15, 0.2) is 0 Å². The van der Waals surface area contributed by atoms with Gasteiger partial charge in [-0.05, 0) is 19.1 Å². The van der Waals surface area contributed by atoms with Crippen LogP contribution in [-0.4, -0.2) is 47.2 Å². The van der Waals surface area contributed by atoms with Gasteiger partial charge in [-0.2, -0.15) is 11.8 Å². The second-order valence-corrected chi connectivity index (χ2v) is 5.10. The van der Waals surface area contributed by atoms with Crippen molar-refractivity contribution < 1.29 is 19.4 Å². The van der Waals surface area contributed by atoms with Crippen LogP contribution < -0.4 is 5.32 Å². The maximum absolute atomic E-state index is 11.6. The monoisotopic (exact) mass is 247 g/mol. The molecule has 0 saturated carbocycles. The number of carbonyl (C=O) groups is 2. The Labute approximate surface area is 98.9 Å². The van der Waals surface area contributed by atoms with Gasteiger partial charge in [0.05, 0.1) is 0 Å². The van der Waals surface area contributed by atoms with Crippen molar-refractivity contribution in [1.82, 2.24) is 5.32 Å². The first kappa shape index (κ1) is 13.3. The molecule has 0 aliphatic carbocycles. The molecule has 92 valence electrons. The van der Waals surface area contributed by atoms with Crippen LogP contribution in [0.3, 0.4) is 0 Å². The zero-order valence-electron chi connectivity index (χ0n) is 9.43. The molecule has 3 atom stereocenters. The van der Waals surface area contributed by atoms with Gasteiger partial charge in [0.15, 0.2) is 6.10 Å². The lowest BCUT2D eigenvalue weighted by Gasteiger charge is -2.14. The number of ether oxygens (including phenoxy) is 1. The molecule has 1 rings (SSSR count). The topological polar surface area (TPSA) is 75.6 Å². The molecule has 0 aromatic carbocycles. The normalized spacial score (nSPS) is 26.4. The van der Waals surface area contributed by atoms with E-state index < -0.39 is 18.2 Å². The third kappa shape index (κ3) is 3.68. The predicted octanol–water partition coefficient (Wildman–Crippen LogP) is 0.486. The number of carboxylic acid groups (broad SMARTS) is 1. The van der Waals surface area contributed by atoms with Gasteiger partial charge in [0.25, 0.3) is 0 Å². The number of thioether (sulfide) groups is 1. The highest BCUT2D eigenvalue weighted by molar-refractivity contribution is 7.99. The molecular formula is C10H17NO4S. The second kappa shape index (κ2) is 6.10. The summed E-state index contributed by atoms with van der Waals surface area (Å²) in [5, 5.41) is 11.8. The minimum Gasteiger partial charge on any atom is -0.479 e. The van der Waals surface area contributed by atoms with Gasteiger partial charge in [-0.1, -0.05) is 6.92 Å². The number of rotatable bonds is 5. The van der Waals surface area contributed by atoms with E-state index in [9.17, 15) is 9.59 Å². The molecule has 2 N–H and O–H groups in total. The average molecular weight is 247 g/mol. The molecule has 1 fully saturated rings. The van der Waals surface area contributed by atoms with Crippen molar-refractivity contribution in [1.29, 1.82) is 0 Å². The summed E-state index contributed by atoms with van der Waals surface area (Å²) in [5.41, 5.74) is 0. The quantitative estimate of drug-likeness (QED) is 0.739. The highest BCUT2D eigenvalue weighted by atomic mass is 32.2. The van der Waals surface area contributed by atoms with Crippen LogP contribution in [0, 0.1) is 0 Å². The minimum atomic E-state index is -0.993. The Balaban J connectivity index is 2.31. The Hall–Kier alpha value is -0.750. The first-order chi connectivity index (χ1) is 7.54. The van der Waals surface area contributed by atoms with E-state index in [-0.39, 0.29) is 5.91 Å². The van der Waals surface area contributed by atoms with Crippen molar-refractivity contribution in [3.63, 3.8) is 0 Å². The molecule has 0 aromatic rings. The van der Waals surface area contributed by atoms with Crippen LogP contribution >= 0.6 is 11.8 Å². The molecule has 1 aliphatic rings. The Bertz CT molecular complexity index is 272. The van der Waals surface area contributed by atoms with Crippen molar-refractivity contribution in [2.24, 2.45) is 0 Å². The number of hydrogen-bond donors (Lipinski definition) is 2. The summed E-state index contributed by atoms with van der Waals surface area (Å²) in [4.78, 5) is 22.2. The van der Waals surface area contributed by atoms with Crippen LogP contribution in [0.5, 0.6) is 0 Å². The Morgan fingerprint density at radius 1 is 1.50 bits per heavy atom. The van der Waals surface area contributed by atoms with Gasteiger partial charge < -0.3 is 15.2 Å².